The first-order chi connectivity index (χ1) is 17.7. The maximum atomic E-state index is 9.90. The zero-order valence-electron chi connectivity index (χ0n) is 22.2. The minimum Gasteiger partial charge on any atom is -0.463 e. The zero-order valence-corrected chi connectivity index (χ0v) is 22.2. The summed E-state index contributed by atoms with van der Waals surface area (Å²) in [5.74, 6) is 0.723. The molecule has 2 aromatic carbocycles. The molecule has 37 heavy (non-hydrogen) atoms. The van der Waals surface area contributed by atoms with Gasteiger partial charge in [-0.05, 0) is 75.4 Å². The largest absolute Gasteiger partial charge is 0.463 e. The Bertz CT molecular complexity index is 1290. The number of hydrogen-bond acceptors (Lipinski definition) is 8. The Labute approximate surface area is 217 Å². The molecule has 0 aliphatic heterocycles. The number of nitrogens with one attached hydrogen (secondary N) is 2. The monoisotopic (exact) mass is 501 g/mol. The first-order valence-electron chi connectivity index (χ1n) is 12.5. The van der Waals surface area contributed by atoms with Gasteiger partial charge in [-0.3, -0.25) is 0 Å². The number of aromatic amines is 1. The summed E-state index contributed by atoms with van der Waals surface area (Å²) in [6.45, 7) is 10.7. The summed E-state index contributed by atoms with van der Waals surface area (Å²) >= 11 is 0. The summed E-state index contributed by atoms with van der Waals surface area (Å²) in [6.07, 6.45) is 2.13. The predicted molar refractivity (Wildman–Crippen MR) is 143 cm³/mol. The standard InChI is InChI=1S/C28H35N7O2/c1-18-22(17-29-23-12-9-21(10-13-23)11-14-25-32-34-35-33-25)7-6-8-24(18)26-19(2)30-27(31-20(26)3)37-16-15-28(4,5)36/h6-10,12-13,29,36H,11,14-17H2,1-5H3,(H,32,33,34,35). The van der Waals surface area contributed by atoms with E-state index in [-0.39, 0.29) is 0 Å². The first-order valence-corrected chi connectivity index (χ1v) is 12.5. The van der Waals surface area contributed by atoms with Crippen LogP contribution in [0.25, 0.3) is 11.1 Å². The molecule has 9 nitrogen and oxygen atoms in total. The summed E-state index contributed by atoms with van der Waals surface area (Å²) in [5.41, 5.74) is 7.80. The maximum absolute atomic E-state index is 9.90. The van der Waals surface area contributed by atoms with Crippen LogP contribution in [0.1, 0.15) is 54.2 Å². The van der Waals surface area contributed by atoms with Crippen LogP contribution >= 0.6 is 0 Å². The van der Waals surface area contributed by atoms with E-state index in [1.807, 2.05) is 13.8 Å². The number of rotatable bonds is 11. The van der Waals surface area contributed by atoms with Crippen molar-refractivity contribution < 1.29 is 9.84 Å². The van der Waals surface area contributed by atoms with Gasteiger partial charge in [0.05, 0.1) is 23.6 Å². The molecule has 0 amide bonds. The van der Waals surface area contributed by atoms with Crippen molar-refractivity contribution in [1.82, 2.24) is 30.6 Å². The van der Waals surface area contributed by atoms with Crippen molar-refractivity contribution in [3.8, 4) is 17.1 Å². The van der Waals surface area contributed by atoms with E-state index in [0.717, 1.165) is 46.9 Å². The van der Waals surface area contributed by atoms with Crippen LogP contribution in [0.4, 0.5) is 5.69 Å². The molecule has 0 aliphatic carbocycles. The molecular formula is C28H35N7O2. The molecule has 0 bridgehead atoms. The fraction of sp³-hybridized carbons (Fsp3) is 0.393. The van der Waals surface area contributed by atoms with E-state index >= 15 is 0 Å². The van der Waals surface area contributed by atoms with Gasteiger partial charge >= 0.3 is 6.01 Å². The van der Waals surface area contributed by atoms with Crippen LogP contribution in [-0.2, 0) is 19.4 Å². The van der Waals surface area contributed by atoms with Gasteiger partial charge in [0.1, 0.15) is 0 Å². The third kappa shape index (κ3) is 7.10. The zero-order chi connectivity index (χ0) is 26.4. The highest BCUT2D eigenvalue weighted by molar-refractivity contribution is 5.72. The molecule has 9 heteroatoms. The summed E-state index contributed by atoms with van der Waals surface area (Å²) in [6, 6.07) is 15.1. The molecule has 0 saturated heterocycles. The summed E-state index contributed by atoms with van der Waals surface area (Å²) in [4.78, 5) is 9.18. The molecule has 2 heterocycles. The predicted octanol–water partition coefficient (Wildman–Crippen LogP) is 4.52. The molecule has 3 N–H and O–H groups in total. The van der Waals surface area contributed by atoms with Crippen molar-refractivity contribution in [1.29, 1.82) is 0 Å². The number of aryl methyl sites for hydroxylation is 4. The number of benzene rings is 2. The molecule has 0 atom stereocenters. The first kappa shape index (κ1) is 26.2. The molecular weight excluding hydrogens is 466 g/mol. The van der Waals surface area contributed by atoms with Crippen LogP contribution in [0.5, 0.6) is 6.01 Å². The Morgan fingerprint density at radius 1 is 0.973 bits per heavy atom. The molecule has 4 rings (SSSR count). The van der Waals surface area contributed by atoms with Gasteiger partial charge in [0.2, 0.25) is 0 Å². The van der Waals surface area contributed by atoms with Crippen molar-refractivity contribution in [3.63, 3.8) is 0 Å². The lowest BCUT2D eigenvalue weighted by atomic mass is 9.94. The third-order valence-corrected chi connectivity index (χ3v) is 6.37. The molecule has 0 aliphatic rings. The lowest BCUT2D eigenvalue weighted by Gasteiger charge is -2.18. The molecule has 0 spiro atoms. The summed E-state index contributed by atoms with van der Waals surface area (Å²) < 4.78 is 5.72. The second kappa shape index (κ2) is 11.5. The Balaban J connectivity index is 1.42. The number of tetrazole rings is 1. The average molecular weight is 502 g/mol. The smallest absolute Gasteiger partial charge is 0.316 e. The van der Waals surface area contributed by atoms with E-state index in [1.54, 1.807) is 13.8 Å². The van der Waals surface area contributed by atoms with Gasteiger partial charge in [-0.25, -0.2) is 0 Å². The van der Waals surface area contributed by atoms with Crippen LogP contribution in [0.2, 0.25) is 0 Å². The van der Waals surface area contributed by atoms with Crippen molar-refractivity contribution >= 4 is 5.69 Å². The van der Waals surface area contributed by atoms with Gasteiger partial charge in [-0.1, -0.05) is 35.5 Å². The van der Waals surface area contributed by atoms with Crippen LogP contribution < -0.4 is 10.1 Å². The highest BCUT2D eigenvalue weighted by Crippen LogP contribution is 2.31. The number of ether oxygens (including phenoxy) is 1. The molecule has 0 saturated carbocycles. The van der Waals surface area contributed by atoms with Gasteiger partial charge in [0, 0.05) is 30.6 Å². The SMILES string of the molecule is Cc1nc(OCCC(C)(C)O)nc(C)c1-c1cccc(CNc2ccc(CCc3nn[nH]n3)cc2)c1C. The quantitative estimate of drug-likeness (QED) is 0.274. The highest BCUT2D eigenvalue weighted by Gasteiger charge is 2.17. The van der Waals surface area contributed by atoms with E-state index in [4.69, 9.17) is 4.74 Å². The Kier molecular flexibility index (Phi) is 8.13. The van der Waals surface area contributed by atoms with Crippen molar-refractivity contribution in [2.24, 2.45) is 0 Å². The van der Waals surface area contributed by atoms with Crippen LogP contribution in [0.15, 0.2) is 42.5 Å². The fourth-order valence-corrected chi connectivity index (χ4v) is 4.21. The second-order valence-corrected chi connectivity index (χ2v) is 9.93. The number of aromatic nitrogens is 6. The fourth-order valence-electron chi connectivity index (χ4n) is 4.21. The topological polar surface area (TPSA) is 122 Å². The number of H-pyrrole nitrogens is 1. The molecule has 4 aromatic rings. The van der Waals surface area contributed by atoms with Gasteiger partial charge in [0.25, 0.3) is 0 Å². The average Bonchev–Trinajstić information content (AvgIpc) is 3.36. The second-order valence-electron chi connectivity index (χ2n) is 9.93. The lowest BCUT2D eigenvalue weighted by Crippen LogP contribution is -2.22. The number of hydrogen-bond donors (Lipinski definition) is 3. The highest BCUT2D eigenvalue weighted by atomic mass is 16.5. The number of anilines is 1. The van der Waals surface area contributed by atoms with Gasteiger partial charge in [-0.15, -0.1) is 10.2 Å². The van der Waals surface area contributed by atoms with E-state index < -0.39 is 5.60 Å². The number of aliphatic hydroxyl groups is 1. The maximum Gasteiger partial charge on any atom is 0.316 e. The molecule has 0 radical (unpaired) electrons. The minimum atomic E-state index is -0.784. The van der Waals surface area contributed by atoms with E-state index in [9.17, 15) is 5.11 Å². The van der Waals surface area contributed by atoms with Crippen molar-refractivity contribution in [3.05, 3.63) is 76.4 Å². The van der Waals surface area contributed by atoms with Crippen LogP contribution in [0, 0.1) is 20.8 Å². The van der Waals surface area contributed by atoms with Gasteiger partial charge < -0.3 is 15.2 Å². The van der Waals surface area contributed by atoms with Gasteiger partial charge in [-0.2, -0.15) is 15.2 Å². The van der Waals surface area contributed by atoms with Crippen molar-refractivity contribution in [2.45, 2.75) is 66.0 Å². The van der Waals surface area contributed by atoms with Crippen LogP contribution in [-0.4, -0.2) is 47.9 Å². The Morgan fingerprint density at radius 2 is 1.70 bits per heavy atom. The van der Waals surface area contributed by atoms with Crippen molar-refractivity contribution in [2.75, 3.05) is 11.9 Å². The number of nitrogens with zero attached hydrogens (tertiary/aromatic N) is 5. The molecule has 2 aromatic heterocycles. The van der Waals surface area contributed by atoms with E-state index in [1.165, 1.54) is 16.7 Å². The van der Waals surface area contributed by atoms with Gasteiger partial charge in [0.15, 0.2) is 5.82 Å². The summed E-state index contributed by atoms with van der Waals surface area (Å²) in [7, 11) is 0. The molecule has 194 valence electrons. The Hall–Kier alpha value is -3.85. The van der Waals surface area contributed by atoms with Crippen LogP contribution in [0.3, 0.4) is 0 Å². The molecule has 0 unspecified atom stereocenters. The normalized spacial score (nSPS) is 11.5. The van der Waals surface area contributed by atoms with E-state index in [2.05, 4.69) is 85.3 Å². The third-order valence-electron chi connectivity index (χ3n) is 6.37. The minimum absolute atomic E-state index is 0.346. The van der Waals surface area contributed by atoms with E-state index in [0.29, 0.717) is 25.6 Å². The molecule has 0 fully saturated rings. The lowest BCUT2D eigenvalue weighted by molar-refractivity contribution is 0.0539. The Morgan fingerprint density at radius 3 is 2.35 bits per heavy atom. The summed E-state index contributed by atoms with van der Waals surface area (Å²) in [5, 5.41) is 27.5.